The van der Waals surface area contributed by atoms with E-state index in [9.17, 15) is 13.2 Å². The Bertz CT molecular complexity index is 499. The lowest BCUT2D eigenvalue weighted by molar-refractivity contribution is -0.0327. The van der Waals surface area contributed by atoms with Gasteiger partial charge >= 0.3 is 5.51 Å². The highest BCUT2D eigenvalue weighted by Crippen LogP contribution is 2.30. The number of thioether (sulfide) groups is 1. The summed E-state index contributed by atoms with van der Waals surface area (Å²) in [4.78, 5) is 0. The van der Waals surface area contributed by atoms with Crippen LogP contribution in [0.25, 0.3) is 0 Å². The largest absolute Gasteiger partial charge is 0.467 e. The lowest BCUT2D eigenvalue weighted by Gasteiger charge is -2.17. The number of hydrogen-bond donors (Lipinski definition) is 1. The van der Waals surface area contributed by atoms with E-state index >= 15 is 0 Å². The van der Waals surface area contributed by atoms with Gasteiger partial charge in [0.2, 0.25) is 0 Å². The molecule has 20 heavy (non-hydrogen) atoms. The quantitative estimate of drug-likeness (QED) is 0.809. The fraction of sp³-hybridized carbons (Fsp3) is 0.286. The Balaban J connectivity index is 1.98. The molecule has 0 bridgehead atoms. The number of halogens is 3. The van der Waals surface area contributed by atoms with Gasteiger partial charge in [-0.15, -0.1) is 0 Å². The van der Waals surface area contributed by atoms with E-state index in [1.165, 1.54) is 0 Å². The Labute approximate surface area is 119 Å². The number of benzene rings is 1. The van der Waals surface area contributed by atoms with Gasteiger partial charge in [-0.25, -0.2) is 0 Å². The first-order valence-corrected chi connectivity index (χ1v) is 7.07. The highest BCUT2D eigenvalue weighted by molar-refractivity contribution is 8.00. The summed E-state index contributed by atoms with van der Waals surface area (Å²) in [5, 5.41) is 3.10. The fourth-order valence-corrected chi connectivity index (χ4v) is 2.31. The molecule has 1 heterocycles. The summed E-state index contributed by atoms with van der Waals surface area (Å²) in [5.74, 6) is 0.654. The van der Waals surface area contributed by atoms with Crippen LogP contribution in [0.15, 0.2) is 53.1 Å². The minimum Gasteiger partial charge on any atom is -0.467 e. The SMILES string of the molecule is FC(F)(F)SCCNC(c1ccccc1)c1ccco1. The zero-order valence-electron chi connectivity index (χ0n) is 10.6. The molecule has 2 aromatic rings. The summed E-state index contributed by atoms with van der Waals surface area (Å²) >= 11 is -0.0251. The molecule has 0 aliphatic rings. The number of hydrogen-bond acceptors (Lipinski definition) is 3. The van der Waals surface area contributed by atoms with Crippen LogP contribution >= 0.6 is 11.8 Å². The average molecular weight is 301 g/mol. The second-order valence-corrected chi connectivity index (χ2v) is 5.27. The molecule has 0 amide bonds. The van der Waals surface area contributed by atoms with Crippen molar-refractivity contribution in [3.63, 3.8) is 0 Å². The third-order valence-corrected chi connectivity index (χ3v) is 3.41. The van der Waals surface area contributed by atoms with Gasteiger partial charge in [0.05, 0.1) is 12.3 Å². The van der Waals surface area contributed by atoms with E-state index < -0.39 is 5.51 Å². The Kier molecular flexibility index (Phi) is 5.14. The lowest BCUT2D eigenvalue weighted by atomic mass is 10.0. The molecule has 0 spiro atoms. The molecule has 1 N–H and O–H groups in total. The van der Waals surface area contributed by atoms with Gasteiger partial charge in [-0.05, 0) is 29.5 Å². The molecule has 0 saturated carbocycles. The molecule has 0 fully saturated rings. The van der Waals surface area contributed by atoms with Gasteiger partial charge < -0.3 is 9.73 Å². The molecule has 0 saturated heterocycles. The molecule has 2 rings (SSSR count). The minimum absolute atomic E-state index is 0.0251. The van der Waals surface area contributed by atoms with Crippen molar-refractivity contribution in [2.75, 3.05) is 12.3 Å². The number of nitrogens with one attached hydrogen (secondary N) is 1. The van der Waals surface area contributed by atoms with E-state index in [0.717, 1.165) is 5.56 Å². The minimum atomic E-state index is -4.19. The molecule has 108 valence electrons. The number of rotatable bonds is 6. The van der Waals surface area contributed by atoms with E-state index in [1.807, 2.05) is 36.4 Å². The Morgan fingerprint density at radius 2 is 1.85 bits per heavy atom. The lowest BCUT2D eigenvalue weighted by Crippen LogP contribution is -2.25. The van der Waals surface area contributed by atoms with Gasteiger partial charge in [-0.2, -0.15) is 13.2 Å². The van der Waals surface area contributed by atoms with Crippen molar-refractivity contribution in [3.8, 4) is 0 Å². The monoisotopic (exact) mass is 301 g/mol. The van der Waals surface area contributed by atoms with Crippen LogP contribution in [-0.2, 0) is 0 Å². The molecule has 0 aliphatic heterocycles. The van der Waals surface area contributed by atoms with Crippen LogP contribution in [0.4, 0.5) is 13.2 Å². The molecule has 1 aromatic heterocycles. The van der Waals surface area contributed by atoms with Gasteiger partial charge in [0, 0.05) is 12.3 Å². The van der Waals surface area contributed by atoms with E-state index in [4.69, 9.17) is 4.42 Å². The smallest absolute Gasteiger partial charge is 0.441 e. The summed E-state index contributed by atoms with van der Waals surface area (Å²) in [6, 6.07) is 12.8. The summed E-state index contributed by atoms with van der Waals surface area (Å²) in [6.07, 6.45) is 1.55. The standard InChI is InChI=1S/C14H14F3NOS/c15-14(16,17)20-10-8-18-13(12-7-4-9-19-12)11-5-2-1-3-6-11/h1-7,9,13,18H,8,10H2. The zero-order chi connectivity index (χ0) is 14.4. The van der Waals surface area contributed by atoms with Gasteiger partial charge in [-0.1, -0.05) is 30.3 Å². The van der Waals surface area contributed by atoms with Crippen molar-refractivity contribution < 1.29 is 17.6 Å². The molecular weight excluding hydrogens is 287 g/mol. The predicted octanol–water partition coefficient (Wildman–Crippen LogP) is 4.21. The summed E-state index contributed by atoms with van der Waals surface area (Å²) < 4.78 is 41.6. The third kappa shape index (κ3) is 4.61. The highest BCUT2D eigenvalue weighted by Gasteiger charge is 2.27. The maximum Gasteiger partial charge on any atom is 0.441 e. The second kappa shape index (κ2) is 6.85. The molecule has 0 aliphatic carbocycles. The molecule has 2 nitrogen and oxygen atoms in total. The maximum atomic E-state index is 12.1. The predicted molar refractivity (Wildman–Crippen MR) is 73.5 cm³/mol. The Hall–Kier alpha value is -1.40. The average Bonchev–Trinajstić information content (AvgIpc) is 2.92. The molecule has 6 heteroatoms. The zero-order valence-corrected chi connectivity index (χ0v) is 11.4. The van der Waals surface area contributed by atoms with Crippen molar-refractivity contribution in [1.29, 1.82) is 0 Å². The van der Waals surface area contributed by atoms with Gasteiger partial charge in [-0.3, -0.25) is 0 Å². The molecule has 1 unspecified atom stereocenters. The van der Waals surface area contributed by atoms with Crippen molar-refractivity contribution in [3.05, 3.63) is 60.1 Å². The summed E-state index contributed by atoms with van der Waals surface area (Å²) in [5.41, 5.74) is -3.23. The summed E-state index contributed by atoms with van der Waals surface area (Å²) in [6.45, 7) is 0.241. The van der Waals surface area contributed by atoms with Crippen LogP contribution in [0, 0.1) is 0 Å². The van der Waals surface area contributed by atoms with E-state index in [-0.39, 0.29) is 30.1 Å². The topological polar surface area (TPSA) is 25.2 Å². The number of furan rings is 1. The van der Waals surface area contributed by atoms with Gasteiger partial charge in [0.25, 0.3) is 0 Å². The van der Waals surface area contributed by atoms with Crippen LogP contribution in [0.2, 0.25) is 0 Å². The summed E-state index contributed by atoms with van der Waals surface area (Å²) in [7, 11) is 0. The first-order chi connectivity index (χ1) is 9.56. The van der Waals surface area contributed by atoms with Crippen LogP contribution in [-0.4, -0.2) is 17.8 Å². The van der Waals surface area contributed by atoms with E-state index in [2.05, 4.69) is 5.32 Å². The Morgan fingerprint density at radius 1 is 1.10 bits per heavy atom. The molecule has 0 radical (unpaired) electrons. The van der Waals surface area contributed by atoms with Gasteiger partial charge in [0.15, 0.2) is 0 Å². The third-order valence-electron chi connectivity index (χ3n) is 2.68. The van der Waals surface area contributed by atoms with Gasteiger partial charge in [0.1, 0.15) is 5.76 Å². The highest BCUT2D eigenvalue weighted by atomic mass is 32.2. The van der Waals surface area contributed by atoms with E-state index in [0.29, 0.717) is 5.76 Å². The van der Waals surface area contributed by atoms with Crippen LogP contribution in [0.3, 0.4) is 0 Å². The van der Waals surface area contributed by atoms with E-state index in [1.54, 1.807) is 12.3 Å². The van der Waals surface area contributed by atoms with Crippen LogP contribution < -0.4 is 5.32 Å². The maximum absolute atomic E-state index is 12.1. The number of alkyl halides is 3. The van der Waals surface area contributed by atoms with Crippen molar-refractivity contribution in [1.82, 2.24) is 5.32 Å². The first-order valence-electron chi connectivity index (χ1n) is 6.09. The fourth-order valence-electron chi connectivity index (χ4n) is 1.85. The first kappa shape index (κ1) is 15.0. The normalized spacial score (nSPS) is 13.3. The molecule has 1 aromatic carbocycles. The van der Waals surface area contributed by atoms with Crippen LogP contribution in [0.1, 0.15) is 17.4 Å². The second-order valence-electron chi connectivity index (χ2n) is 4.11. The van der Waals surface area contributed by atoms with Crippen molar-refractivity contribution in [2.24, 2.45) is 0 Å². The molecular formula is C14H14F3NOS. The van der Waals surface area contributed by atoms with Crippen molar-refractivity contribution >= 4 is 11.8 Å². The van der Waals surface area contributed by atoms with Crippen molar-refractivity contribution in [2.45, 2.75) is 11.6 Å². The molecule has 1 atom stereocenters. The van der Waals surface area contributed by atoms with Crippen LogP contribution in [0.5, 0.6) is 0 Å². The Morgan fingerprint density at radius 3 is 2.45 bits per heavy atom.